The van der Waals surface area contributed by atoms with Crippen molar-refractivity contribution in [3.63, 3.8) is 0 Å². The highest BCUT2D eigenvalue weighted by Gasteiger charge is 2.40. The molecule has 1 aliphatic carbocycles. The van der Waals surface area contributed by atoms with Gasteiger partial charge in [-0.15, -0.1) is 0 Å². The van der Waals surface area contributed by atoms with Crippen LogP contribution in [0.25, 0.3) is 0 Å². The largest absolute Gasteiger partial charge is 0.416 e. The Balaban J connectivity index is 1.37. The summed E-state index contributed by atoms with van der Waals surface area (Å²) in [6.45, 7) is 0.326. The number of aryl methyl sites for hydroxylation is 1. The molecule has 2 atom stereocenters. The maximum absolute atomic E-state index is 14.8. The van der Waals surface area contributed by atoms with E-state index in [0.29, 0.717) is 56.0 Å². The summed E-state index contributed by atoms with van der Waals surface area (Å²) < 4.78 is 74.4. The highest BCUT2D eigenvalue weighted by atomic mass is 32.3. The molecule has 0 bridgehead atoms. The molecule has 2 aromatic carbocycles. The summed E-state index contributed by atoms with van der Waals surface area (Å²) in [5.74, 6) is -1.79. The highest BCUT2D eigenvalue weighted by Crippen LogP contribution is 2.55. The minimum Gasteiger partial charge on any atom is -0.347 e. The lowest BCUT2D eigenvalue weighted by Crippen LogP contribution is -2.52. The first kappa shape index (κ1) is 26.0. The quantitative estimate of drug-likeness (QED) is 0.420. The molecule has 1 saturated heterocycles. The molecule has 37 heavy (non-hydrogen) atoms. The second-order valence-corrected chi connectivity index (χ2v) is 12.2. The Morgan fingerprint density at radius 2 is 1.81 bits per heavy atom. The molecule has 2 heterocycles. The summed E-state index contributed by atoms with van der Waals surface area (Å²) in [6.07, 6.45) is -0.953. The molecule has 2 aromatic rings. The average molecular weight is 541 g/mol. The van der Waals surface area contributed by atoms with Crippen molar-refractivity contribution < 1.29 is 36.3 Å². The number of hydrogen-bond acceptors (Lipinski definition) is 4. The SMILES string of the molecule is O=C(N[C@@H](c1ccc(C(F)(F)F)cc1F)C1CC1)[C@H]1CCCCN1C(=O)c1ccc2c(c1)S(O)(O)CC2. The zero-order valence-electron chi connectivity index (χ0n) is 19.9. The van der Waals surface area contributed by atoms with Gasteiger partial charge in [0.2, 0.25) is 5.91 Å². The van der Waals surface area contributed by atoms with Gasteiger partial charge in [-0.25, -0.2) is 4.39 Å². The maximum Gasteiger partial charge on any atom is 0.416 e. The van der Waals surface area contributed by atoms with Crippen molar-refractivity contribution in [3.8, 4) is 0 Å². The summed E-state index contributed by atoms with van der Waals surface area (Å²) >= 11 is 0. The lowest BCUT2D eigenvalue weighted by atomic mass is 9.96. The van der Waals surface area contributed by atoms with Crippen LogP contribution in [0.3, 0.4) is 0 Å². The van der Waals surface area contributed by atoms with Crippen LogP contribution < -0.4 is 5.32 Å². The van der Waals surface area contributed by atoms with Crippen LogP contribution in [0.4, 0.5) is 17.6 Å². The van der Waals surface area contributed by atoms with Gasteiger partial charge in [-0.2, -0.15) is 23.8 Å². The van der Waals surface area contributed by atoms with Gasteiger partial charge >= 0.3 is 6.18 Å². The number of amides is 2. The third-order valence-corrected chi connectivity index (χ3v) is 9.30. The number of carbonyl (C=O) groups excluding carboxylic acids is 2. The first-order valence-corrected chi connectivity index (χ1v) is 14.0. The Morgan fingerprint density at radius 1 is 1.05 bits per heavy atom. The van der Waals surface area contributed by atoms with Crippen LogP contribution in [0, 0.1) is 11.7 Å². The smallest absolute Gasteiger partial charge is 0.347 e. The van der Waals surface area contributed by atoms with Gasteiger partial charge in [-0.1, -0.05) is 12.1 Å². The molecule has 5 rings (SSSR count). The van der Waals surface area contributed by atoms with Crippen molar-refractivity contribution in [2.75, 3.05) is 12.3 Å². The maximum atomic E-state index is 14.8. The molecule has 11 heteroatoms. The minimum absolute atomic E-state index is 0.00126. The van der Waals surface area contributed by atoms with E-state index < -0.39 is 52.0 Å². The number of nitrogens with one attached hydrogen (secondary N) is 1. The third kappa shape index (κ3) is 5.21. The highest BCUT2D eigenvalue weighted by molar-refractivity contribution is 8.24. The fraction of sp³-hybridized carbons (Fsp3) is 0.462. The van der Waals surface area contributed by atoms with Crippen molar-refractivity contribution in [3.05, 3.63) is 64.5 Å². The molecule has 2 amide bonds. The Labute approximate surface area is 213 Å². The summed E-state index contributed by atoms with van der Waals surface area (Å²) in [5.41, 5.74) is -0.0471. The van der Waals surface area contributed by atoms with Crippen LogP contribution in [0.15, 0.2) is 41.3 Å². The normalized spacial score (nSPS) is 22.8. The van der Waals surface area contributed by atoms with Gasteiger partial charge in [0.05, 0.1) is 16.5 Å². The molecule has 0 unspecified atom stereocenters. The topological polar surface area (TPSA) is 89.9 Å². The monoisotopic (exact) mass is 540 g/mol. The number of benzene rings is 2. The fourth-order valence-corrected chi connectivity index (χ4v) is 6.89. The van der Waals surface area contributed by atoms with Crippen molar-refractivity contribution in [2.45, 2.75) is 61.7 Å². The Bertz CT molecular complexity index is 1230. The molecule has 2 aliphatic heterocycles. The van der Waals surface area contributed by atoms with Gasteiger partial charge in [0.25, 0.3) is 5.91 Å². The molecule has 0 spiro atoms. The zero-order valence-corrected chi connectivity index (χ0v) is 20.7. The third-order valence-electron chi connectivity index (χ3n) is 7.44. The van der Waals surface area contributed by atoms with Gasteiger partial charge in [0.15, 0.2) is 0 Å². The number of nitrogens with zero attached hydrogens (tertiary/aromatic N) is 1. The van der Waals surface area contributed by atoms with Gasteiger partial charge < -0.3 is 10.2 Å². The number of carbonyl (C=O) groups is 2. The van der Waals surface area contributed by atoms with Gasteiger partial charge in [-0.3, -0.25) is 18.7 Å². The lowest BCUT2D eigenvalue weighted by molar-refractivity contribution is -0.137. The van der Waals surface area contributed by atoms with E-state index in [9.17, 15) is 36.3 Å². The van der Waals surface area contributed by atoms with Gasteiger partial charge in [-0.05, 0) is 74.3 Å². The molecule has 1 saturated carbocycles. The molecule has 0 radical (unpaired) electrons. The van der Waals surface area contributed by atoms with Crippen molar-refractivity contribution in [2.24, 2.45) is 5.92 Å². The molecule has 3 aliphatic rings. The molecular weight excluding hydrogens is 512 g/mol. The number of hydrogen-bond donors (Lipinski definition) is 3. The first-order chi connectivity index (χ1) is 17.5. The molecule has 3 N–H and O–H groups in total. The van der Waals surface area contributed by atoms with E-state index in [1.807, 2.05) is 0 Å². The number of piperidine rings is 1. The van der Waals surface area contributed by atoms with E-state index in [1.54, 1.807) is 12.1 Å². The van der Waals surface area contributed by atoms with E-state index in [-0.39, 0.29) is 22.8 Å². The number of rotatable bonds is 5. The van der Waals surface area contributed by atoms with E-state index in [4.69, 9.17) is 0 Å². The Morgan fingerprint density at radius 3 is 2.49 bits per heavy atom. The first-order valence-electron chi connectivity index (χ1n) is 12.3. The summed E-state index contributed by atoms with van der Waals surface area (Å²) in [7, 11) is -2.94. The summed E-state index contributed by atoms with van der Waals surface area (Å²) in [4.78, 5) is 28.7. The second-order valence-electron chi connectivity index (χ2n) is 10.0. The van der Waals surface area contributed by atoms with Gasteiger partial charge in [0, 0.05) is 23.4 Å². The molecule has 2 fully saturated rings. The number of alkyl halides is 3. The minimum atomic E-state index is -4.68. The Hall–Kier alpha value is -2.63. The summed E-state index contributed by atoms with van der Waals surface area (Å²) in [5, 5.41) is 2.83. The molecule has 200 valence electrons. The Kier molecular flexibility index (Phi) is 6.74. The number of fused-ring (bicyclic) bond motifs is 1. The zero-order chi connectivity index (χ0) is 26.5. The molecule has 0 aromatic heterocycles. The predicted molar refractivity (Wildman–Crippen MR) is 130 cm³/mol. The van der Waals surface area contributed by atoms with Crippen molar-refractivity contribution in [1.82, 2.24) is 10.2 Å². The van der Waals surface area contributed by atoms with Crippen molar-refractivity contribution >= 4 is 22.4 Å². The number of halogens is 4. The molecular formula is C26H28F4N2O4S. The lowest BCUT2D eigenvalue weighted by Gasteiger charge is -2.36. The van der Waals surface area contributed by atoms with E-state index >= 15 is 0 Å². The number of likely N-dealkylation sites (tertiary alicyclic amines) is 1. The van der Waals surface area contributed by atoms with E-state index in [0.717, 1.165) is 17.7 Å². The van der Waals surface area contributed by atoms with E-state index in [1.165, 1.54) is 11.0 Å². The van der Waals surface area contributed by atoms with E-state index in [2.05, 4.69) is 5.32 Å². The molecule has 6 nitrogen and oxygen atoms in total. The van der Waals surface area contributed by atoms with Crippen LogP contribution in [0.5, 0.6) is 0 Å². The van der Waals surface area contributed by atoms with Crippen molar-refractivity contribution in [1.29, 1.82) is 0 Å². The second kappa shape index (κ2) is 9.59. The fourth-order valence-electron chi connectivity index (χ4n) is 5.26. The van der Waals surface area contributed by atoms with Crippen LogP contribution >= 0.6 is 10.6 Å². The van der Waals surface area contributed by atoms with Gasteiger partial charge in [0.1, 0.15) is 11.9 Å². The van der Waals surface area contributed by atoms with Crippen LogP contribution in [-0.2, 0) is 17.4 Å². The average Bonchev–Trinajstić information content (AvgIpc) is 3.66. The van der Waals surface area contributed by atoms with Crippen LogP contribution in [-0.4, -0.2) is 44.2 Å². The summed E-state index contributed by atoms with van der Waals surface area (Å²) in [6, 6.07) is 5.55. The van der Waals surface area contributed by atoms with Crippen LogP contribution in [0.2, 0.25) is 0 Å². The van der Waals surface area contributed by atoms with Crippen LogP contribution in [0.1, 0.15) is 65.2 Å². The standard InChI is InChI=1S/C26H28F4N2O4S/c27-20-14-18(26(28,29)30)8-9-19(20)23(16-5-6-16)31-24(33)21-3-1-2-11-32(21)25(34)17-7-4-15-10-12-37(35,36)22(15)13-17/h4,7-9,13-14,16,21,23,35-36H,1-3,5-6,10-12H2,(H,31,33)/t21-,23-/m1/s1. The predicted octanol–water partition coefficient (Wildman–Crippen LogP) is 5.77.